The van der Waals surface area contributed by atoms with Crippen molar-refractivity contribution in [1.29, 1.82) is 0 Å². The number of rotatable bonds is 1. The van der Waals surface area contributed by atoms with E-state index in [0.717, 1.165) is 6.42 Å². The second kappa shape index (κ2) is 3.87. The van der Waals surface area contributed by atoms with E-state index in [9.17, 15) is 9.50 Å². The first-order chi connectivity index (χ1) is 7.03. The van der Waals surface area contributed by atoms with E-state index in [-0.39, 0.29) is 5.82 Å². The fraction of sp³-hybridized carbons (Fsp3) is 0.500. The van der Waals surface area contributed by atoms with Crippen LogP contribution in [0.15, 0.2) is 22.7 Å². The molecule has 0 saturated heterocycles. The van der Waals surface area contributed by atoms with Crippen molar-refractivity contribution in [3.05, 3.63) is 34.1 Å². The molecule has 0 aromatic heterocycles. The van der Waals surface area contributed by atoms with Gasteiger partial charge in [0.05, 0.1) is 10.1 Å². The van der Waals surface area contributed by atoms with Crippen molar-refractivity contribution in [3.63, 3.8) is 0 Å². The second-order valence-electron chi connectivity index (χ2n) is 4.48. The Bertz CT molecular complexity index is 380. The third kappa shape index (κ3) is 1.95. The van der Waals surface area contributed by atoms with Gasteiger partial charge in [0.15, 0.2) is 0 Å². The highest BCUT2D eigenvalue weighted by molar-refractivity contribution is 9.10. The Morgan fingerprint density at radius 2 is 2.27 bits per heavy atom. The van der Waals surface area contributed by atoms with E-state index in [1.807, 2.05) is 0 Å². The Kier molecular flexibility index (Phi) is 2.86. The molecule has 1 N–H and O–H groups in total. The van der Waals surface area contributed by atoms with Crippen LogP contribution in [-0.2, 0) is 5.60 Å². The zero-order chi connectivity index (χ0) is 11.1. The van der Waals surface area contributed by atoms with Gasteiger partial charge in [-0.15, -0.1) is 0 Å². The highest BCUT2D eigenvalue weighted by atomic mass is 79.9. The zero-order valence-corrected chi connectivity index (χ0v) is 10.2. The molecule has 15 heavy (non-hydrogen) atoms. The van der Waals surface area contributed by atoms with Gasteiger partial charge < -0.3 is 5.11 Å². The summed E-state index contributed by atoms with van der Waals surface area (Å²) in [5, 5.41) is 10.4. The molecule has 1 nitrogen and oxygen atoms in total. The van der Waals surface area contributed by atoms with Crippen molar-refractivity contribution in [2.75, 3.05) is 0 Å². The molecule has 2 rings (SSSR count). The van der Waals surface area contributed by atoms with Crippen molar-refractivity contribution >= 4 is 15.9 Å². The van der Waals surface area contributed by atoms with Gasteiger partial charge in [-0.1, -0.05) is 19.1 Å². The molecule has 1 aromatic carbocycles. The zero-order valence-electron chi connectivity index (χ0n) is 8.63. The maximum Gasteiger partial charge on any atom is 0.143 e. The van der Waals surface area contributed by atoms with E-state index < -0.39 is 5.60 Å². The summed E-state index contributed by atoms with van der Waals surface area (Å²) in [4.78, 5) is 0. The van der Waals surface area contributed by atoms with Gasteiger partial charge in [-0.3, -0.25) is 0 Å². The van der Waals surface area contributed by atoms with E-state index in [1.54, 1.807) is 18.2 Å². The maximum atomic E-state index is 13.8. The molecule has 0 radical (unpaired) electrons. The summed E-state index contributed by atoms with van der Waals surface area (Å²) in [6, 6.07) is 5.10. The van der Waals surface area contributed by atoms with E-state index in [2.05, 4.69) is 22.9 Å². The summed E-state index contributed by atoms with van der Waals surface area (Å²) in [6.07, 6.45) is 2.27. The number of hydrogen-bond acceptors (Lipinski definition) is 1. The fourth-order valence-electron chi connectivity index (χ4n) is 2.37. The molecule has 1 saturated carbocycles. The van der Waals surface area contributed by atoms with E-state index in [4.69, 9.17) is 0 Å². The van der Waals surface area contributed by atoms with Crippen LogP contribution in [0.2, 0.25) is 0 Å². The van der Waals surface area contributed by atoms with Crippen LogP contribution < -0.4 is 0 Å². The monoisotopic (exact) mass is 272 g/mol. The van der Waals surface area contributed by atoms with Crippen molar-refractivity contribution in [3.8, 4) is 0 Å². The molecule has 0 amide bonds. The molecule has 0 spiro atoms. The molecule has 1 aliphatic rings. The summed E-state index contributed by atoms with van der Waals surface area (Å²) < 4.78 is 14.2. The van der Waals surface area contributed by atoms with Gasteiger partial charge in [-0.2, -0.15) is 0 Å². The van der Waals surface area contributed by atoms with Crippen LogP contribution in [0.1, 0.15) is 31.7 Å². The predicted octanol–water partition coefficient (Wildman–Crippen LogP) is 3.60. The molecule has 1 fully saturated rings. The topological polar surface area (TPSA) is 20.2 Å². The normalized spacial score (nSPS) is 30.8. The van der Waals surface area contributed by atoms with Gasteiger partial charge in [-0.25, -0.2) is 4.39 Å². The van der Waals surface area contributed by atoms with Gasteiger partial charge in [0.25, 0.3) is 0 Å². The molecule has 2 unspecified atom stereocenters. The van der Waals surface area contributed by atoms with Crippen LogP contribution in [0.4, 0.5) is 4.39 Å². The molecule has 0 bridgehead atoms. The summed E-state index contributed by atoms with van der Waals surface area (Å²) in [7, 11) is 0. The third-order valence-corrected chi connectivity index (χ3v) is 3.80. The summed E-state index contributed by atoms with van der Waals surface area (Å²) >= 11 is 3.15. The lowest BCUT2D eigenvalue weighted by atomic mass is 9.91. The molecule has 3 heteroatoms. The largest absolute Gasteiger partial charge is 0.385 e. The van der Waals surface area contributed by atoms with Crippen molar-refractivity contribution in [1.82, 2.24) is 0 Å². The average Bonchev–Trinajstić information content (AvgIpc) is 2.52. The van der Waals surface area contributed by atoms with E-state index in [0.29, 0.717) is 28.8 Å². The van der Waals surface area contributed by atoms with Gasteiger partial charge in [0.2, 0.25) is 0 Å². The smallest absolute Gasteiger partial charge is 0.143 e. The summed E-state index contributed by atoms with van der Waals surface area (Å²) in [5.41, 5.74) is -0.533. The average molecular weight is 273 g/mol. The Labute approximate surface area is 97.4 Å². The molecule has 0 aliphatic heterocycles. The van der Waals surface area contributed by atoms with Crippen LogP contribution in [0.25, 0.3) is 0 Å². The van der Waals surface area contributed by atoms with Crippen molar-refractivity contribution < 1.29 is 9.50 Å². The Hall–Kier alpha value is -0.410. The molecule has 0 heterocycles. The van der Waals surface area contributed by atoms with Crippen LogP contribution in [0.3, 0.4) is 0 Å². The molecular weight excluding hydrogens is 259 g/mol. The second-order valence-corrected chi connectivity index (χ2v) is 5.34. The maximum absolute atomic E-state index is 13.8. The van der Waals surface area contributed by atoms with Crippen LogP contribution in [-0.4, -0.2) is 5.11 Å². The van der Waals surface area contributed by atoms with E-state index in [1.165, 1.54) is 0 Å². The minimum absolute atomic E-state index is 0.325. The SMILES string of the molecule is CC1CCC(O)(c2cccc(Br)c2F)C1. The van der Waals surface area contributed by atoms with Crippen molar-refractivity contribution in [2.24, 2.45) is 5.92 Å². The lowest BCUT2D eigenvalue weighted by Crippen LogP contribution is -2.23. The summed E-state index contributed by atoms with van der Waals surface area (Å²) in [5.74, 6) is 0.141. The van der Waals surface area contributed by atoms with Gasteiger partial charge in [0, 0.05) is 5.56 Å². The number of hydrogen-bond donors (Lipinski definition) is 1. The quantitative estimate of drug-likeness (QED) is 0.829. The standard InChI is InChI=1S/C12H14BrFO/c1-8-5-6-12(15,7-8)9-3-2-4-10(13)11(9)14/h2-4,8,15H,5-7H2,1H3. The van der Waals surface area contributed by atoms with Crippen LogP contribution in [0, 0.1) is 11.7 Å². The van der Waals surface area contributed by atoms with Crippen molar-refractivity contribution in [2.45, 2.75) is 31.8 Å². The molecule has 1 aliphatic carbocycles. The van der Waals surface area contributed by atoms with Crippen LogP contribution >= 0.6 is 15.9 Å². The highest BCUT2D eigenvalue weighted by Gasteiger charge is 2.38. The minimum atomic E-state index is -0.965. The Balaban J connectivity index is 2.41. The first-order valence-corrected chi connectivity index (χ1v) is 5.99. The first-order valence-electron chi connectivity index (χ1n) is 5.20. The number of aliphatic hydroxyl groups is 1. The molecule has 82 valence electrons. The molecule has 1 aromatic rings. The molecule has 2 atom stereocenters. The lowest BCUT2D eigenvalue weighted by molar-refractivity contribution is 0.0370. The van der Waals surface area contributed by atoms with Gasteiger partial charge >= 0.3 is 0 Å². The predicted molar refractivity (Wildman–Crippen MR) is 61.0 cm³/mol. The van der Waals surface area contributed by atoms with E-state index >= 15 is 0 Å². The third-order valence-electron chi connectivity index (χ3n) is 3.19. The Morgan fingerprint density at radius 1 is 1.53 bits per heavy atom. The molecular formula is C12H14BrFO. The summed E-state index contributed by atoms with van der Waals surface area (Å²) in [6.45, 7) is 2.09. The lowest BCUT2D eigenvalue weighted by Gasteiger charge is -2.24. The van der Waals surface area contributed by atoms with Crippen LogP contribution in [0.5, 0.6) is 0 Å². The highest BCUT2D eigenvalue weighted by Crippen LogP contribution is 2.43. The number of benzene rings is 1. The number of halogens is 2. The fourth-order valence-corrected chi connectivity index (χ4v) is 2.74. The minimum Gasteiger partial charge on any atom is -0.385 e. The van der Waals surface area contributed by atoms with Gasteiger partial charge in [-0.05, 0) is 47.2 Å². The van der Waals surface area contributed by atoms with Gasteiger partial charge in [0.1, 0.15) is 5.82 Å². The first kappa shape index (κ1) is 11.1. The Morgan fingerprint density at radius 3 is 2.87 bits per heavy atom.